The second-order valence-corrected chi connectivity index (χ2v) is 6.39. The highest BCUT2D eigenvalue weighted by atomic mass is 35.5. The molecule has 1 atom stereocenters. The maximum atomic E-state index is 6.35. The number of anilines is 1. The zero-order valence-corrected chi connectivity index (χ0v) is 12.7. The van der Waals surface area contributed by atoms with Gasteiger partial charge in [-0.15, -0.1) is 0 Å². The van der Waals surface area contributed by atoms with E-state index in [0.717, 1.165) is 42.4 Å². The Morgan fingerprint density at radius 2 is 2.21 bits per heavy atom. The second-order valence-electron chi connectivity index (χ2n) is 5.99. The quantitative estimate of drug-likeness (QED) is 0.926. The molecule has 0 amide bonds. The lowest BCUT2D eigenvalue weighted by molar-refractivity contribution is -0.0276. The summed E-state index contributed by atoms with van der Waals surface area (Å²) >= 11 is 6.35. The number of ether oxygens (including phenoxy) is 1. The Kier molecular flexibility index (Phi) is 4.39. The fourth-order valence-corrected chi connectivity index (χ4v) is 2.73. The van der Waals surface area contributed by atoms with Gasteiger partial charge in [-0.3, -0.25) is 0 Å². The van der Waals surface area contributed by atoms with E-state index in [9.17, 15) is 0 Å². The standard InChI is InChI=1S/C15H23ClN2O/c1-11(17)8-12-4-5-13(9-14(12)16)18-6-7-19-15(2,3)10-18/h4-5,9,11H,6-8,10,17H2,1-3H3. The van der Waals surface area contributed by atoms with E-state index in [4.69, 9.17) is 22.1 Å². The van der Waals surface area contributed by atoms with Crippen LogP contribution in [0.2, 0.25) is 5.02 Å². The number of hydrogen-bond donors (Lipinski definition) is 1. The summed E-state index contributed by atoms with van der Waals surface area (Å²) < 4.78 is 5.73. The second kappa shape index (κ2) is 5.70. The highest BCUT2D eigenvalue weighted by molar-refractivity contribution is 6.31. The Morgan fingerprint density at radius 1 is 1.47 bits per heavy atom. The molecule has 1 aliphatic rings. The number of nitrogens with zero attached hydrogens (tertiary/aromatic N) is 1. The third-order valence-electron chi connectivity index (χ3n) is 3.37. The Balaban J connectivity index is 2.15. The van der Waals surface area contributed by atoms with E-state index in [2.05, 4.69) is 30.9 Å². The van der Waals surface area contributed by atoms with Gasteiger partial charge in [0.25, 0.3) is 0 Å². The van der Waals surface area contributed by atoms with Crippen molar-refractivity contribution < 1.29 is 4.74 Å². The minimum Gasteiger partial charge on any atom is -0.372 e. The normalized spacial score (nSPS) is 20.4. The lowest BCUT2D eigenvalue weighted by Crippen LogP contribution is -2.48. The molecule has 1 unspecified atom stereocenters. The predicted molar refractivity (Wildman–Crippen MR) is 81.0 cm³/mol. The van der Waals surface area contributed by atoms with E-state index >= 15 is 0 Å². The first kappa shape index (κ1) is 14.6. The van der Waals surface area contributed by atoms with Gasteiger partial charge in [-0.2, -0.15) is 0 Å². The van der Waals surface area contributed by atoms with Crippen LogP contribution in [0.5, 0.6) is 0 Å². The summed E-state index contributed by atoms with van der Waals surface area (Å²) in [6.45, 7) is 8.78. The van der Waals surface area contributed by atoms with E-state index in [1.54, 1.807) is 0 Å². The summed E-state index contributed by atoms with van der Waals surface area (Å²) in [5.74, 6) is 0. The molecule has 1 aliphatic heterocycles. The lowest BCUT2D eigenvalue weighted by atomic mass is 10.0. The molecular formula is C15H23ClN2O. The molecule has 1 aromatic carbocycles. The van der Waals surface area contributed by atoms with Crippen molar-refractivity contribution in [3.63, 3.8) is 0 Å². The van der Waals surface area contributed by atoms with E-state index in [-0.39, 0.29) is 11.6 Å². The summed E-state index contributed by atoms with van der Waals surface area (Å²) in [4.78, 5) is 2.32. The number of halogens is 1. The summed E-state index contributed by atoms with van der Waals surface area (Å²) in [7, 11) is 0. The van der Waals surface area contributed by atoms with Crippen LogP contribution in [0.1, 0.15) is 26.3 Å². The molecule has 3 nitrogen and oxygen atoms in total. The molecule has 1 saturated heterocycles. The first-order valence-electron chi connectivity index (χ1n) is 6.80. The molecule has 19 heavy (non-hydrogen) atoms. The smallest absolute Gasteiger partial charge is 0.0801 e. The molecule has 106 valence electrons. The molecule has 2 rings (SSSR count). The zero-order chi connectivity index (χ0) is 14.0. The van der Waals surface area contributed by atoms with Gasteiger partial charge in [0.1, 0.15) is 0 Å². The number of hydrogen-bond acceptors (Lipinski definition) is 3. The summed E-state index contributed by atoms with van der Waals surface area (Å²) in [6, 6.07) is 6.39. The first-order valence-corrected chi connectivity index (χ1v) is 7.18. The number of morpholine rings is 1. The van der Waals surface area contributed by atoms with Crippen molar-refractivity contribution in [1.82, 2.24) is 0 Å². The monoisotopic (exact) mass is 282 g/mol. The Bertz CT molecular complexity index is 446. The molecule has 0 bridgehead atoms. The number of nitrogens with two attached hydrogens (primary N) is 1. The van der Waals surface area contributed by atoms with Gasteiger partial charge in [0.05, 0.1) is 12.2 Å². The summed E-state index contributed by atoms with van der Waals surface area (Å²) in [5.41, 5.74) is 8.00. The maximum absolute atomic E-state index is 6.35. The van der Waals surface area contributed by atoms with Crippen LogP contribution in [0.25, 0.3) is 0 Å². The molecule has 0 aromatic heterocycles. The van der Waals surface area contributed by atoms with Crippen LogP contribution in [0, 0.1) is 0 Å². The summed E-state index contributed by atoms with van der Waals surface area (Å²) in [5, 5.41) is 0.805. The van der Waals surface area contributed by atoms with Crippen molar-refractivity contribution >= 4 is 17.3 Å². The molecule has 0 saturated carbocycles. The van der Waals surface area contributed by atoms with Gasteiger partial charge in [-0.05, 0) is 44.9 Å². The molecule has 0 aliphatic carbocycles. The lowest BCUT2D eigenvalue weighted by Gasteiger charge is -2.39. The fraction of sp³-hybridized carbons (Fsp3) is 0.600. The first-order chi connectivity index (χ1) is 8.87. The average molecular weight is 283 g/mol. The molecule has 4 heteroatoms. The molecule has 1 aromatic rings. The number of benzene rings is 1. The minimum absolute atomic E-state index is 0.102. The molecular weight excluding hydrogens is 260 g/mol. The molecule has 1 heterocycles. The summed E-state index contributed by atoms with van der Waals surface area (Å²) in [6.07, 6.45) is 0.813. The third kappa shape index (κ3) is 3.85. The Hall–Kier alpha value is -0.770. The van der Waals surface area contributed by atoms with Crippen LogP contribution in [0.3, 0.4) is 0 Å². The van der Waals surface area contributed by atoms with Crippen LogP contribution in [0.4, 0.5) is 5.69 Å². The maximum Gasteiger partial charge on any atom is 0.0801 e. The number of rotatable bonds is 3. The van der Waals surface area contributed by atoms with E-state index in [1.807, 2.05) is 13.0 Å². The van der Waals surface area contributed by atoms with Crippen LogP contribution in [-0.2, 0) is 11.2 Å². The molecule has 0 radical (unpaired) electrons. The van der Waals surface area contributed by atoms with Crippen molar-refractivity contribution in [2.45, 2.75) is 38.8 Å². The van der Waals surface area contributed by atoms with Crippen molar-refractivity contribution in [1.29, 1.82) is 0 Å². The molecule has 0 spiro atoms. The van der Waals surface area contributed by atoms with Gasteiger partial charge in [0.15, 0.2) is 0 Å². The fourth-order valence-electron chi connectivity index (χ4n) is 2.48. The Morgan fingerprint density at radius 3 is 2.79 bits per heavy atom. The van der Waals surface area contributed by atoms with Crippen molar-refractivity contribution in [2.24, 2.45) is 5.73 Å². The van der Waals surface area contributed by atoms with E-state index < -0.39 is 0 Å². The van der Waals surface area contributed by atoms with Crippen molar-refractivity contribution in [2.75, 3.05) is 24.6 Å². The minimum atomic E-state index is -0.102. The third-order valence-corrected chi connectivity index (χ3v) is 3.72. The molecule has 2 N–H and O–H groups in total. The highest BCUT2D eigenvalue weighted by Gasteiger charge is 2.27. The van der Waals surface area contributed by atoms with Crippen molar-refractivity contribution in [3.05, 3.63) is 28.8 Å². The Labute approximate surface area is 120 Å². The van der Waals surface area contributed by atoms with E-state index in [0.29, 0.717) is 0 Å². The van der Waals surface area contributed by atoms with Gasteiger partial charge in [-0.25, -0.2) is 0 Å². The van der Waals surface area contributed by atoms with Gasteiger partial charge in [0.2, 0.25) is 0 Å². The van der Waals surface area contributed by atoms with Crippen LogP contribution in [0.15, 0.2) is 18.2 Å². The van der Waals surface area contributed by atoms with Crippen molar-refractivity contribution in [3.8, 4) is 0 Å². The SMILES string of the molecule is CC(N)Cc1ccc(N2CCOC(C)(C)C2)cc1Cl. The van der Waals surface area contributed by atoms with Gasteiger partial charge in [-0.1, -0.05) is 17.7 Å². The van der Waals surface area contributed by atoms with Gasteiger partial charge < -0.3 is 15.4 Å². The largest absolute Gasteiger partial charge is 0.372 e. The van der Waals surface area contributed by atoms with Crippen LogP contribution in [-0.4, -0.2) is 31.3 Å². The average Bonchev–Trinajstić information content (AvgIpc) is 2.30. The topological polar surface area (TPSA) is 38.5 Å². The van der Waals surface area contributed by atoms with Gasteiger partial charge >= 0.3 is 0 Å². The van der Waals surface area contributed by atoms with Crippen LogP contribution < -0.4 is 10.6 Å². The molecule has 1 fully saturated rings. The van der Waals surface area contributed by atoms with Gasteiger partial charge in [0, 0.05) is 29.8 Å². The highest BCUT2D eigenvalue weighted by Crippen LogP contribution is 2.28. The zero-order valence-electron chi connectivity index (χ0n) is 11.9. The van der Waals surface area contributed by atoms with E-state index in [1.165, 1.54) is 0 Å². The van der Waals surface area contributed by atoms with Crippen LogP contribution >= 0.6 is 11.6 Å². The predicted octanol–water partition coefficient (Wildman–Crippen LogP) is 2.84.